The second kappa shape index (κ2) is 2.98. The zero-order chi connectivity index (χ0) is 9.26. The summed E-state index contributed by atoms with van der Waals surface area (Å²) in [7, 11) is 0. The number of allylic oxidation sites excluding steroid dienone is 1. The standard InChI is InChI=1S/C11H10N2/c1-8(2)11-7-12-9-5-3-4-6-10(9)13-11/h3-7H,1H2,2H3. The Hall–Kier alpha value is -1.70. The highest BCUT2D eigenvalue weighted by Crippen LogP contribution is 2.12. The van der Waals surface area contributed by atoms with Crippen molar-refractivity contribution in [2.24, 2.45) is 0 Å². The molecule has 0 aliphatic carbocycles. The lowest BCUT2D eigenvalue weighted by Crippen LogP contribution is -1.88. The molecule has 2 rings (SSSR count). The average molecular weight is 170 g/mol. The van der Waals surface area contributed by atoms with E-state index in [1.165, 1.54) is 0 Å². The fraction of sp³-hybridized carbons (Fsp3) is 0.0909. The first-order valence-electron chi connectivity index (χ1n) is 4.15. The summed E-state index contributed by atoms with van der Waals surface area (Å²) in [5.74, 6) is 0. The fourth-order valence-electron chi connectivity index (χ4n) is 1.16. The zero-order valence-corrected chi connectivity index (χ0v) is 7.49. The molecule has 0 aliphatic heterocycles. The monoisotopic (exact) mass is 170 g/mol. The van der Waals surface area contributed by atoms with Crippen molar-refractivity contribution in [1.29, 1.82) is 0 Å². The minimum absolute atomic E-state index is 0.860. The lowest BCUT2D eigenvalue weighted by atomic mass is 10.2. The highest BCUT2D eigenvalue weighted by molar-refractivity contribution is 5.75. The van der Waals surface area contributed by atoms with Gasteiger partial charge in [0, 0.05) is 0 Å². The molecule has 0 bridgehead atoms. The maximum absolute atomic E-state index is 4.41. The normalized spacial score (nSPS) is 10.2. The highest BCUT2D eigenvalue weighted by Gasteiger charge is 1.98. The Balaban J connectivity index is 2.69. The van der Waals surface area contributed by atoms with Crippen molar-refractivity contribution in [3.63, 3.8) is 0 Å². The van der Waals surface area contributed by atoms with Crippen molar-refractivity contribution in [2.45, 2.75) is 6.92 Å². The van der Waals surface area contributed by atoms with Crippen LogP contribution in [-0.4, -0.2) is 9.97 Å². The van der Waals surface area contributed by atoms with Crippen molar-refractivity contribution in [1.82, 2.24) is 9.97 Å². The highest BCUT2D eigenvalue weighted by atomic mass is 14.8. The SMILES string of the molecule is C=C(C)c1cnc2ccccc2n1. The predicted octanol–water partition coefficient (Wildman–Crippen LogP) is 2.66. The topological polar surface area (TPSA) is 25.8 Å². The molecule has 0 saturated heterocycles. The summed E-state index contributed by atoms with van der Waals surface area (Å²) < 4.78 is 0. The average Bonchev–Trinajstić information content (AvgIpc) is 2.17. The molecule has 2 nitrogen and oxygen atoms in total. The van der Waals surface area contributed by atoms with Gasteiger partial charge in [0.25, 0.3) is 0 Å². The lowest BCUT2D eigenvalue weighted by molar-refractivity contribution is 1.25. The van der Waals surface area contributed by atoms with Crippen LogP contribution in [0.4, 0.5) is 0 Å². The molecule has 1 aromatic heterocycles. The van der Waals surface area contributed by atoms with Crippen LogP contribution in [0.5, 0.6) is 0 Å². The van der Waals surface area contributed by atoms with Crippen molar-refractivity contribution >= 4 is 16.6 Å². The van der Waals surface area contributed by atoms with E-state index in [4.69, 9.17) is 0 Å². The summed E-state index contributed by atoms with van der Waals surface area (Å²) in [5.41, 5.74) is 3.65. The minimum atomic E-state index is 0.860. The predicted molar refractivity (Wildman–Crippen MR) is 54.2 cm³/mol. The number of para-hydroxylation sites is 2. The molecule has 0 atom stereocenters. The number of benzene rings is 1. The van der Waals surface area contributed by atoms with E-state index in [2.05, 4.69) is 16.5 Å². The number of aromatic nitrogens is 2. The third kappa shape index (κ3) is 1.43. The van der Waals surface area contributed by atoms with Gasteiger partial charge in [-0.2, -0.15) is 0 Å². The van der Waals surface area contributed by atoms with Crippen LogP contribution in [-0.2, 0) is 0 Å². The van der Waals surface area contributed by atoms with Gasteiger partial charge in [-0.25, -0.2) is 4.98 Å². The molecule has 0 aliphatic rings. The number of fused-ring (bicyclic) bond motifs is 1. The van der Waals surface area contributed by atoms with E-state index in [-0.39, 0.29) is 0 Å². The molecule has 0 N–H and O–H groups in total. The Kier molecular flexibility index (Phi) is 1.81. The Morgan fingerprint density at radius 3 is 2.62 bits per heavy atom. The van der Waals surface area contributed by atoms with Crippen LogP contribution < -0.4 is 0 Å². The smallest absolute Gasteiger partial charge is 0.0894 e. The molecule has 0 fully saturated rings. The summed E-state index contributed by atoms with van der Waals surface area (Å²) in [6, 6.07) is 7.82. The molecule has 13 heavy (non-hydrogen) atoms. The minimum Gasteiger partial charge on any atom is -0.252 e. The molecule has 0 saturated carbocycles. The third-order valence-electron chi connectivity index (χ3n) is 1.89. The number of hydrogen-bond acceptors (Lipinski definition) is 2. The Bertz CT molecular complexity index is 460. The molecular formula is C11H10N2. The fourth-order valence-corrected chi connectivity index (χ4v) is 1.16. The molecule has 0 radical (unpaired) electrons. The molecular weight excluding hydrogens is 160 g/mol. The van der Waals surface area contributed by atoms with Crippen LogP contribution in [0, 0.1) is 0 Å². The van der Waals surface area contributed by atoms with Gasteiger partial charge in [0.15, 0.2) is 0 Å². The van der Waals surface area contributed by atoms with Gasteiger partial charge in [0.05, 0.1) is 22.9 Å². The number of nitrogens with zero attached hydrogens (tertiary/aromatic N) is 2. The van der Waals surface area contributed by atoms with Gasteiger partial charge < -0.3 is 0 Å². The van der Waals surface area contributed by atoms with E-state index >= 15 is 0 Å². The molecule has 64 valence electrons. The maximum Gasteiger partial charge on any atom is 0.0894 e. The molecule has 2 heteroatoms. The lowest BCUT2D eigenvalue weighted by Gasteiger charge is -1.99. The van der Waals surface area contributed by atoms with E-state index in [0.717, 1.165) is 22.3 Å². The van der Waals surface area contributed by atoms with Gasteiger partial charge in [-0.05, 0) is 24.6 Å². The van der Waals surface area contributed by atoms with Gasteiger partial charge in [-0.15, -0.1) is 0 Å². The van der Waals surface area contributed by atoms with Crippen molar-refractivity contribution < 1.29 is 0 Å². The molecule has 0 spiro atoms. The second-order valence-electron chi connectivity index (χ2n) is 3.02. The Morgan fingerprint density at radius 2 is 1.92 bits per heavy atom. The van der Waals surface area contributed by atoms with Crippen LogP contribution in [0.15, 0.2) is 37.0 Å². The summed E-state index contributed by atoms with van der Waals surface area (Å²) in [6.45, 7) is 5.76. The van der Waals surface area contributed by atoms with Crippen LogP contribution in [0.3, 0.4) is 0 Å². The largest absolute Gasteiger partial charge is 0.252 e. The summed E-state index contributed by atoms with van der Waals surface area (Å²) in [4.78, 5) is 8.69. The first-order valence-corrected chi connectivity index (χ1v) is 4.15. The van der Waals surface area contributed by atoms with E-state index in [0.29, 0.717) is 0 Å². The van der Waals surface area contributed by atoms with E-state index in [1.807, 2.05) is 31.2 Å². The Morgan fingerprint density at radius 1 is 1.23 bits per heavy atom. The van der Waals surface area contributed by atoms with Crippen molar-refractivity contribution in [3.05, 3.63) is 42.7 Å². The van der Waals surface area contributed by atoms with Gasteiger partial charge >= 0.3 is 0 Å². The summed E-state index contributed by atoms with van der Waals surface area (Å²) in [6.07, 6.45) is 1.75. The summed E-state index contributed by atoms with van der Waals surface area (Å²) in [5, 5.41) is 0. The van der Waals surface area contributed by atoms with Crippen molar-refractivity contribution in [2.75, 3.05) is 0 Å². The van der Waals surface area contributed by atoms with Crippen molar-refractivity contribution in [3.8, 4) is 0 Å². The van der Waals surface area contributed by atoms with Gasteiger partial charge in [0.1, 0.15) is 0 Å². The van der Waals surface area contributed by atoms with Crippen LogP contribution >= 0.6 is 0 Å². The van der Waals surface area contributed by atoms with E-state index in [1.54, 1.807) is 6.20 Å². The maximum atomic E-state index is 4.41. The zero-order valence-electron chi connectivity index (χ0n) is 7.49. The van der Waals surface area contributed by atoms with E-state index < -0.39 is 0 Å². The van der Waals surface area contributed by atoms with Gasteiger partial charge in [-0.1, -0.05) is 18.7 Å². The first kappa shape index (κ1) is 7.92. The number of rotatable bonds is 1. The molecule has 0 amide bonds. The van der Waals surface area contributed by atoms with Crippen LogP contribution in [0.2, 0.25) is 0 Å². The second-order valence-corrected chi connectivity index (χ2v) is 3.02. The molecule has 0 unspecified atom stereocenters. The summed E-state index contributed by atoms with van der Waals surface area (Å²) >= 11 is 0. The molecule has 1 aromatic carbocycles. The first-order chi connectivity index (χ1) is 6.27. The quantitative estimate of drug-likeness (QED) is 0.657. The Labute approximate surface area is 77.0 Å². The third-order valence-corrected chi connectivity index (χ3v) is 1.89. The van der Waals surface area contributed by atoms with Crippen LogP contribution in [0.25, 0.3) is 16.6 Å². The van der Waals surface area contributed by atoms with Crippen LogP contribution in [0.1, 0.15) is 12.6 Å². The molecule has 2 aromatic rings. The number of hydrogen-bond donors (Lipinski definition) is 0. The molecule has 1 heterocycles. The van der Waals surface area contributed by atoms with Gasteiger partial charge in [-0.3, -0.25) is 4.98 Å². The van der Waals surface area contributed by atoms with Gasteiger partial charge in [0.2, 0.25) is 0 Å². The van der Waals surface area contributed by atoms with E-state index in [9.17, 15) is 0 Å².